The molecule has 136 valence electrons. The summed E-state index contributed by atoms with van der Waals surface area (Å²) in [4.78, 5) is 14.6. The monoisotopic (exact) mass is 375 g/mol. The topological polar surface area (TPSA) is 38.8 Å². The summed E-state index contributed by atoms with van der Waals surface area (Å²) in [6.45, 7) is 3.34. The second-order valence-electron chi connectivity index (χ2n) is 6.65. The quantitative estimate of drug-likeness (QED) is 0.734. The number of halogens is 2. The van der Waals surface area contributed by atoms with Crippen LogP contribution in [-0.4, -0.2) is 25.7 Å². The standard InChI is InChI=1S/C20H19ClFNO3/c1-12-8-13-4-2-5-23(18(13)16(22)9-12)20(24)14-10-15(21)19-17(11-14)25-6-3-7-26-19/h8-11H,2-7H2,1H3. The maximum Gasteiger partial charge on any atom is 0.258 e. The molecule has 26 heavy (non-hydrogen) atoms. The van der Waals surface area contributed by atoms with Gasteiger partial charge in [0.25, 0.3) is 5.91 Å². The van der Waals surface area contributed by atoms with Crippen molar-refractivity contribution in [3.05, 3.63) is 51.8 Å². The third-order valence-corrected chi connectivity index (χ3v) is 4.96. The minimum absolute atomic E-state index is 0.286. The molecule has 2 aliphatic rings. The second kappa shape index (κ2) is 6.80. The van der Waals surface area contributed by atoms with E-state index >= 15 is 0 Å². The van der Waals surface area contributed by atoms with E-state index < -0.39 is 0 Å². The molecule has 2 aromatic rings. The van der Waals surface area contributed by atoms with Crippen LogP contribution in [0, 0.1) is 12.7 Å². The van der Waals surface area contributed by atoms with Gasteiger partial charge < -0.3 is 14.4 Å². The van der Waals surface area contributed by atoms with Crippen molar-refractivity contribution in [3.8, 4) is 11.5 Å². The number of hydrogen-bond donors (Lipinski definition) is 0. The van der Waals surface area contributed by atoms with Gasteiger partial charge in [-0.15, -0.1) is 0 Å². The predicted molar refractivity (Wildman–Crippen MR) is 98.2 cm³/mol. The Labute approximate surface area is 156 Å². The lowest BCUT2D eigenvalue weighted by atomic mass is 9.98. The number of hydrogen-bond acceptors (Lipinski definition) is 3. The Hall–Kier alpha value is -2.27. The zero-order chi connectivity index (χ0) is 18.3. The molecule has 0 bridgehead atoms. The molecule has 0 N–H and O–H groups in total. The average Bonchev–Trinajstić information content (AvgIpc) is 2.86. The molecule has 0 saturated carbocycles. The number of carbonyl (C=O) groups is 1. The van der Waals surface area contributed by atoms with Gasteiger partial charge in [-0.2, -0.15) is 0 Å². The van der Waals surface area contributed by atoms with Gasteiger partial charge >= 0.3 is 0 Å². The Kier molecular flexibility index (Phi) is 4.49. The average molecular weight is 376 g/mol. The molecule has 4 rings (SSSR count). The van der Waals surface area contributed by atoms with E-state index in [0.717, 1.165) is 30.4 Å². The number of fused-ring (bicyclic) bond motifs is 2. The maximum absolute atomic E-state index is 14.6. The molecule has 0 unspecified atom stereocenters. The number of ether oxygens (including phenoxy) is 2. The lowest BCUT2D eigenvalue weighted by Gasteiger charge is -2.30. The number of aryl methyl sites for hydroxylation is 2. The van der Waals surface area contributed by atoms with Crippen LogP contribution in [0.2, 0.25) is 5.02 Å². The number of carbonyl (C=O) groups excluding carboxylic acids is 1. The van der Waals surface area contributed by atoms with E-state index in [1.54, 1.807) is 12.1 Å². The van der Waals surface area contributed by atoms with E-state index in [9.17, 15) is 9.18 Å². The highest BCUT2D eigenvalue weighted by molar-refractivity contribution is 6.32. The van der Waals surface area contributed by atoms with Crippen molar-refractivity contribution in [2.45, 2.75) is 26.2 Å². The highest BCUT2D eigenvalue weighted by Gasteiger charge is 2.28. The van der Waals surface area contributed by atoms with Gasteiger partial charge in [0.05, 0.1) is 23.9 Å². The minimum atomic E-state index is -0.367. The Morgan fingerprint density at radius 2 is 1.96 bits per heavy atom. The Morgan fingerprint density at radius 3 is 2.81 bits per heavy atom. The van der Waals surface area contributed by atoms with Crippen LogP contribution >= 0.6 is 11.6 Å². The van der Waals surface area contributed by atoms with Crippen LogP contribution in [0.3, 0.4) is 0 Å². The van der Waals surface area contributed by atoms with Crippen molar-refractivity contribution in [3.63, 3.8) is 0 Å². The van der Waals surface area contributed by atoms with Gasteiger partial charge in [0.1, 0.15) is 5.82 Å². The smallest absolute Gasteiger partial charge is 0.258 e. The molecule has 2 heterocycles. The van der Waals surface area contributed by atoms with E-state index in [1.807, 2.05) is 13.0 Å². The van der Waals surface area contributed by atoms with Crippen LogP contribution in [0.1, 0.15) is 34.3 Å². The normalized spacial score (nSPS) is 16.0. The highest BCUT2D eigenvalue weighted by Crippen LogP contribution is 2.39. The molecule has 2 aliphatic heterocycles. The van der Waals surface area contributed by atoms with Crippen LogP contribution in [-0.2, 0) is 6.42 Å². The van der Waals surface area contributed by atoms with Gasteiger partial charge in [-0.3, -0.25) is 4.79 Å². The minimum Gasteiger partial charge on any atom is -0.489 e. The first-order chi connectivity index (χ1) is 12.5. The number of amides is 1. The van der Waals surface area contributed by atoms with Gasteiger partial charge in [0, 0.05) is 18.5 Å². The lowest BCUT2D eigenvalue weighted by molar-refractivity contribution is 0.0983. The second-order valence-corrected chi connectivity index (χ2v) is 7.06. The molecule has 0 aliphatic carbocycles. The van der Waals surface area contributed by atoms with Crippen LogP contribution < -0.4 is 14.4 Å². The first kappa shape index (κ1) is 17.2. The zero-order valence-electron chi connectivity index (χ0n) is 14.5. The lowest BCUT2D eigenvalue weighted by Crippen LogP contribution is -2.36. The number of benzene rings is 2. The summed E-state index contributed by atoms with van der Waals surface area (Å²) in [5.41, 5.74) is 2.46. The number of rotatable bonds is 1. The number of anilines is 1. The van der Waals surface area contributed by atoms with Gasteiger partial charge in [-0.25, -0.2) is 4.39 Å². The van der Waals surface area contributed by atoms with E-state index in [2.05, 4.69) is 0 Å². The van der Waals surface area contributed by atoms with Crippen molar-refractivity contribution in [1.29, 1.82) is 0 Å². The largest absolute Gasteiger partial charge is 0.489 e. The molecule has 4 nitrogen and oxygen atoms in total. The van der Waals surface area contributed by atoms with Gasteiger partial charge in [-0.05, 0) is 49.1 Å². The SMILES string of the molecule is Cc1cc(F)c2c(c1)CCCN2C(=O)c1cc(Cl)c2c(c1)OCCCO2. The summed E-state index contributed by atoms with van der Waals surface area (Å²) in [5.74, 6) is 0.265. The molecule has 0 fully saturated rings. The summed E-state index contributed by atoms with van der Waals surface area (Å²) in [6, 6.07) is 6.61. The fourth-order valence-corrected chi connectivity index (χ4v) is 3.82. The van der Waals surface area contributed by atoms with Gasteiger partial charge in [-0.1, -0.05) is 17.7 Å². The Bertz CT molecular complexity index is 884. The number of nitrogens with zero attached hydrogens (tertiary/aromatic N) is 1. The molecular formula is C20H19ClFNO3. The highest BCUT2D eigenvalue weighted by atomic mass is 35.5. The third kappa shape index (κ3) is 3.01. The summed E-state index contributed by atoms with van der Waals surface area (Å²) >= 11 is 6.31. The Balaban J connectivity index is 1.74. The summed E-state index contributed by atoms with van der Waals surface area (Å²) in [7, 11) is 0. The van der Waals surface area contributed by atoms with Crippen LogP contribution in [0.5, 0.6) is 11.5 Å². The van der Waals surface area contributed by atoms with E-state index in [0.29, 0.717) is 47.5 Å². The molecule has 0 aromatic heterocycles. The Morgan fingerprint density at radius 1 is 1.15 bits per heavy atom. The molecule has 0 radical (unpaired) electrons. The fraction of sp³-hybridized carbons (Fsp3) is 0.350. The van der Waals surface area contributed by atoms with Crippen LogP contribution in [0.4, 0.5) is 10.1 Å². The fourth-order valence-electron chi connectivity index (χ4n) is 3.55. The zero-order valence-corrected chi connectivity index (χ0v) is 15.2. The molecule has 0 atom stereocenters. The van der Waals surface area contributed by atoms with Crippen LogP contribution in [0.25, 0.3) is 0 Å². The predicted octanol–water partition coefficient (Wildman–Crippen LogP) is 4.54. The van der Waals surface area contributed by atoms with Gasteiger partial charge in [0.2, 0.25) is 0 Å². The van der Waals surface area contributed by atoms with Crippen molar-refractivity contribution in [1.82, 2.24) is 0 Å². The molecule has 0 spiro atoms. The molecule has 1 amide bonds. The first-order valence-electron chi connectivity index (χ1n) is 8.74. The molecule has 6 heteroatoms. The first-order valence-corrected chi connectivity index (χ1v) is 9.12. The van der Waals surface area contributed by atoms with Gasteiger partial charge in [0.15, 0.2) is 11.5 Å². The molecule has 0 saturated heterocycles. The summed E-state index contributed by atoms with van der Waals surface area (Å²) in [5, 5.41) is 0.328. The van der Waals surface area contributed by atoms with E-state index in [-0.39, 0.29) is 11.7 Å². The van der Waals surface area contributed by atoms with Crippen molar-refractivity contribution < 1.29 is 18.7 Å². The van der Waals surface area contributed by atoms with E-state index in [1.165, 1.54) is 11.0 Å². The van der Waals surface area contributed by atoms with Crippen molar-refractivity contribution >= 4 is 23.2 Å². The molecular weight excluding hydrogens is 357 g/mol. The van der Waals surface area contributed by atoms with Crippen molar-refractivity contribution in [2.75, 3.05) is 24.7 Å². The van der Waals surface area contributed by atoms with Crippen molar-refractivity contribution in [2.24, 2.45) is 0 Å². The maximum atomic E-state index is 14.6. The molecule has 2 aromatic carbocycles. The summed E-state index contributed by atoms with van der Waals surface area (Å²) in [6.07, 6.45) is 2.30. The van der Waals surface area contributed by atoms with E-state index in [4.69, 9.17) is 21.1 Å². The van der Waals surface area contributed by atoms with Crippen LogP contribution in [0.15, 0.2) is 24.3 Å². The third-order valence-electron chi connectivity index (χ3n) is 4.68. The summed E-state index contributed by atoms with van der Waals surface area (Å²) < 4.78 is 25.9.